The normalized spacial score (nSPS) is 15.1. The number of thioether (sulfide) groups is 1. The second kappa shape index (κ2) is 8.68. The zero-order valence-electron chi connectivity index (χ0n) is 18.0. The summed E-state index contributed by atoms with van der Waals surface area (Å²) in [6.07, 6.45) is 1.16. The molecule has 1 aromatic carbocycles. The molecule has 0 saturated carbocycles. The predicted octanol–water partition coefficient (Wildman–Crippen LogP) is 3.32. The molecule has 1 amide bonds. The highest BCUT2D eigenvalue weighted by molar-refractivity contribution is 7.99. The van der Waals surface area contributed by atoms with Crippen LogP contribution in [0.25, 0.3) is 0 Å². The molecule has 3 aromatic rings. The number of carbonyl (C=O) groups is 1. The first kappa shape index (κ1) is 21.3. The van der Waals surface area contributed by atoms with Crippen LogP contribution in [0.15, 0.2) is 41.8 Å². The SMILES string of the molecule is Cc1cccc2c1CN(c1cc(C(C)Sc3nncn3C)cc(NC[C@H](C)O)n1)C2=O. The van der Waals surface area contributed by atoms with Gasteiger partial charge in [0, 0.05) is 24.4 Å². The molecule has 2 aromatic heterocycles. The van der Waals surface area contributed by atoms with Gasteiger partial charge in [0.2, 0.25) is 0 Å². The Morgan fingerprint density at radius 3 is 2.77 bits per heavy atom. The van der Waals surface area contributed by atoms with Crippen molar-refractivity contribution in [2.75, 3.05) is 16.8 Å². The fraction of sp³-hybridized carbons (Fsp3) is 0.364. The Morgan fingerprint density at radius 2 is 2.10 bits per heavy atom. The Hall–Kier alpha value is -2.91. The number of anilines is 2. The molecule has 0 fully saturated rings. The van der Waals surface area contributed by atoms with Crippen molar-refractivity contribution in [2.45, 2.75) is 43.8 Å². The highest BCUT2D eigenvalue weighted by atomic mass is 32.2. The summed E-state index contributed by atoms with van der Waals surface area (Å²) < 4.78 is 1.87. The molecule has 0 saturated heterocycles. The number of nitrogens with zero attached hydrogens (tertiary/aromatic N) is 5. The van der Waals surface area contributed by atoms with Gasteiger partial charge in [-0.15, -0.1) is 10.2 Å². The summed E-state index contributed by atoms with van der Waals surface area (Å²) in [6.45, 7) is 6.69. The maximum absolute atomic E-state index is 13.1. The van der Waals surface area contributed by atoms with E-state index in [0.717, 1.165) is 27.4 Å². The summed E-state index contributed by atoms with van der Waals surface area (Å²) in [5.41, 5.74) is 3.88. The molecule has 2 atom stereocenters. The molecule has 162 valence electrons. The molecule has 31 heavy (non-hydrogen) atoms. The van der Waals surface area contributed by atoms with Crippen molar-refractivity contribution in [3.05, 3.63) is 58.9 Å². The van der Waals surface area contributed by atoms with Gasteiger partial charge < -0.3 is 15.0 Å². The fourth-order valence-corrected chi connectivity index (χ4v) is 4.43. The van der Waals surface area contributed by atoms with Crippen molar-refractivity contribution >= 4 is 29.3 Å². The zero-order chi connectivity index (χ0) is 22.1. The minimum atomic E-state index is -0.514. The molecule has 1 aliphatic heterocycles. The smallest absolute Gasteiger partial charge is 0.260 e. The van der Waals surface area contributed by atoms with Crippen molar-refractivity contribution in [1.82, 2.24) is 19.7 Å². The Labute approximate surface area is 185 Å². The predicted molar refractivity (Wildman–Crippen MR) is 121 cm³/mol. The average molecular weight is 439 g/mol. The summed E-state index contributed by atoms with van der Waals surface area (Å²) in [7, 11) is 1.91. The lowest BCUT2D eigenvalue weighted by atomic mass is 10.1. The van der Waals surface area contributed by atoms with Gasteiger partial charge in [-0.05, 0) is 55.7 Å². The van der Waals surface area contributed by atoms with Crippen molar-refractivity contribution < 1.29 is 9.90 Å². The number of nitrogens with one attached hydrogen (secondary N) is 1. The van der Waals surface area contributed by atoms with Crippen LogP contribution < -0.4 is 10.2 Å². The number of benzene rings is 1. The third kappa shape index (κ3) is 4.42. The summed E-state index contributed by atoms with van der Waals surface area (Å²) >= 11 is 1.59. The second-order valence-corrected chi connectivity index (χ2v) is 9.16. The van der Waals surface area contributed by atoms with Gasteiger partial charge in [-0.3, -0.25) is 9.69 Å². The Balaban J connectivity index is 1.68. The molecule has 0 aliphatic carbocycles. The zero-order valence-corrected chi connectivity index (χ0v) is 18.8. The number of aliphatic hydroxyl groups excluding tert-OH is 1. The van der Waals surface area contributed by atoms with Crippen molar-refractivity contribution in [3.63, 3.8) is 0 Å². The molecule has 0 radical (unpaired) electrons. The van der Waals surface area contributed by atoms with Crippen LogP contribution in [0, 0.1) is 6.92 Å². The third-order valence-corrected chi connectivity index (χ3v) is 6.52. The summed E-state index contributed by atoms with van der Waals surface area (Å²) in [4.78, 5) is 19.5. The van der Waals surface area contributed by atoms with Crippen molar-refractivity contribution in [2.24, 2.45) is 7.05 Å². The lowest BCUT2D eigenvalue weighted by molar-refractivity contribution is 0.0996. The molecule has 0 spiro atoms. The van der Waals surface area contributed by atoms with Gasteiger partial charge in [-0.2, -0.15) is 0 Å². The lowest BCUT2D eigenvalue weighted by Crippen LogP contribution is -2.25. The van der Waals surface area contributed by atoms with Crippen LogP contribution in [-0.2, 0) is 13.6 Å². The Kier molecular flexibility index (Phi) is 5.97. The van der Waals surface area contributed by atoms with Crippen LogP contribution in [-0.4, -0.2) is 43.4 Å². The number of hydrogen-bond acceptors (Lipinski definition) is 7. The number of aromatic nitrogens is 4. The van der Waals surface area contributed by atoms with Gasteiger partial charge in [0.1, 0.15) is 18.0 Å². The quantitative estimate of drug-likeness (QED) is 0.546. The van der Waals surface area contributed by atoms with E-state index in [1.807, 2.05) is 48.9 Å². The highest BCUT2D eigenvalue weighted by Crippen LogP contribution is 2.37. The van der Waals surface area contributed by atoms with Gasteiger partial charge in [0.25, 0.3) is 5.91 Å². The number of fused-ring (bicyclic) bond motifs is 1. The van der Waals surface area contributed by atoms with Crippen LogP contribution in [0.2, 0.25) is 0 Å². The second-order valence-electron chi connectivity index (χ2n) is 7.85. The van der Waals surface area contributed by atoms with Gasteiger partial charge in [-0.25, -0.2) is 4.98 Å². The van der Waals surface area contributed by atoms with E-state index in [4.69, 9.17) is 0 Å². The van der Waals surface area contributed by atoms with Crippen molar-refractivity contribution in [3.8, 4) is 0 Å². The van der Waals surface area contributed by atoms with Gasteiger partial charge in [0.15, 0.2) is 5.16 Å². The maximum Gasteiger partial charge on any atom is 0.260 e. The van der Waals surface area contributed by atoms with Crippen molar-refractivity contribution in [1.29, 1.82) is 0 Å². The van der Waals surface area contributed by atoms with E-state index in [9.17, 15) is 9.90 Å². The van der Waals surface area contributed by atoms with E-state index in [1.165, 1.54) is 0 Å². The lowest BCUT2D eigenvalue weighted by Gasteiger charge is -2.20. The minimum Gasteiger partial charge on any atom is -0.392 e. The van der Waals surface area contributed by atoms with E-state index in [2.05, 4.69) is 27.4 Å². The van der Waals surface area contributed by atoms with E-state index >= 15 is 0 Å². The Morgan fingerprint density at radius 1 is 1.29 bits per heavy atom. The van der Waals surface area contributed by atoms with Gasteiger partial charge in [-0.1, -0.05) is 23.9 Å². The van der Waals surface area contributed by atoms with Crippen LogP contribution in [0.3, 0.4) is 0 Å². The summed E-state index contributed by atoms with van der Waals surface area (Å²) in [5, 5.41) is 21.8. The van der Waals surface area contributed by atoms with Gasteiger partial charge in [0.05, 0.1) is 12.6 Å². The fourth-order valence-electron chi connectivity index (χ4n) is 3.53. The molecule has 9 heteroatoms. The standard InChI is InChI=1S/C22H26N6O2S/c1-13-6-5-7-17-18(13)11-28(21(17)30)20-9-16(8-19(25-20)23-10-14(2)29)15(3)31-22-26-24-12-27(22)4/h5-9,12,14-15,29H,10-11H2,1-4H3,(H,23,25)/t14-,15?/m0/s1. The monoisotopic (exact) mass is 438 g/mol. The number of carbonyl (C=O) groups excluding carboxylic acids is 1. The number of hydrogen-bond donors (Lipinski definition) is 2. The van der Waals surface area contributed by atoms with E-state index in [1.54, 1.807) is 29.9 Å². The average Bonchev–Trinajstić information content (AvgIpc) is 3.30. The first-order valence-electron chi connectivity index (χ1n) is 10.2. The molecule has 0 bridgehead atoms. The Bertz CT molecular complexity index is 1110. The van der Waals surface area contributed by atoms with Gasteiger partial charge >= 0.3 is 0 Å². The third-order valence-electron chi connectivity index (χ3n) is 5.31. The number of pyridine rings is 1. The molecule has 2 N–H and O–H groups in total. The molecular weight excluding hydrogens is 412 g/mol. The van der Waals surface area contributed by atoms with Crippen LogP contribution >= 0.6 is 11.8 Å². The number of aryl methyl sites for hydroxylation is 2. The summed E-state index contributed by atoms with van der Waals surface area (Å²) in [6, 6.07) is 9.72. The topological polar surface area (TPSA) is 96.2 Å². The number of rotatable bonds is 7. The number of amides is 1. The molecule has 1 aliphatic rings. The maximum atomic E-state index is 13.1. The minimum absolute atomic E-state index is 0.0431. The molecule has 3 heterocycles. The summed E-state index contributed by atoms with van der Waals surface area (Å²) in [5.74, 6) is 1.18. The first-order valence-corrected chi connectivity index (χ1v) is 11.1. The first-order chi connectivity index (χ1) is 14.8. The van der Waals surface area contributed by atoms with E-state index in [-0.39, 0.29) is 11.2 Å². The molecular formula is C22H26N6O2S. The van der Waals surface area contributed by atoms with E-state index in [0.29, 0.717) is 24.7 Å². The van der Waals surface area contributed by atoms with Crippen LogP contribution in [0.4, 0.5) is 11.6 Å². The molecule has 8 nitrogen and oxygen atoms in total. The molecule has 4 rings (SSSR count). The highest BCUT2D eigenvalue weighted by Gasteiger charge is 2.31. The van der Waals surface area contributed by atoms with E-state index < -0.39 is 6.10 Å². The largest absolute Gasteiger partial charge is 0.392 e. The number of aliphatic hydroxyl groups is 1. The van der Waals surface area contributed by atoms with Crippen LogP contribution in [0.1, 0.15) is 46.1 Å². The molecule has 1 unspecified atom stereocenters. The van der Waals surface area contributed by atoms with Crippen LogP contribution in [0.5, 0.6) is 0 Å².